The molecule has 0 saturated carbocycles. The van der Waals surface area contributed by atoms with Crippen LogP contribution in [0.1, 0.15) is 16.7 Å². The average Bonchev–Trinajstić information content (AvgIpc) is 2.56. The molecule has 0 bridgehead atoms. The number of hydrogen-bond donors (Lipinski definition) is 1. The fourth-order valence-corrected chi connectivity index (χ4v) is 2.57. The average molecular weight is 291 g/mol. The van der Waals surface area contributed by atoms with E-state index in [1.54, 1.807) is 7.11 Å². The van der Waals surface area contributed by atoms with Gasteiger partial charge in [-0.2, -0.15) is 0 Å². The zero-order valence-corrected chi connectivity index (χ0v) is 13.1. The molecule has 3 rings (SSSR count). The summed E-state index contributed by atoms with van der Waals surface area (Å²) in [6, 6.07) is 21.4. The Bertz CT molecular complexity index is 762. The summed E-state index contributed by atoms with van der Waals surface area (Å²) in [4.78, 5) is 0. The van der Waals surface area contributed by atoms with Gasteiger partial charge in [0, 0.05) is 13.1 Å². The topological polar surface area (TPSA) is 21.3 Å². The van der Waals surface area contributed by atoms with Crippen LogP contribution >= 0.6 is 0 Å². The number of hydrogen-bond acceptors (Lipinski definition) is 2. The van der Waals surface area contributed by atoms with Gasteiger partial charge in [-0.1, -0.05) is 48.0 Å². The highest BCUT2D eigenvalue weighted by atomic mass is 16.5. The van der Waals surface area contributed by atoms with E-state index in [-0.39, 0.29) is 0 Å². The number of fused-ring (bicyclic) bond motifs is 1. The Balaban J connectivity index is 1.65. The smallest absolute Gasteiger partial charge is 0.119 e. The molecule has 0 atom stereocenters. The fourth-order valence-electron chi connectivity index (χ4n) is 2.57. The molecule has 2 heteroatoms. The van der Waals surface area contributed by atoms with E-state index in [1.165, 1.54) is 27.5 Å². The molecule has 0 fully saturated rings. The summed E-state index contributed by atoms with van der Waals surface area (Å²) in [5, 5.41) is 5.96. The van der Waals surface area contributed by atoms with E-state index in [9.17, 15) is 0 Å². The van der Waals surface area contributed by atoms with Crippen molar-refractivity contribution in [1.29, 1.82) is 0 Å². The molecular formula is C20H21NO. The van der Waals surface area contributed by atoms with Gasteiger partial charge in [-0.3, -0.25) is 0 Å². The molecule has 22 heavy (non-hydrogen) atoms. The molecule has 0 aromatic heterocycles. The van der Waals surface area contributed by atoms with Gasteiger partial charge in [0.25, 0.3) is 0 Å². The highest BCUT2D eigenvalue weighted by Crippen LogP contribution is 2.21. The second kappa shape index (κ2) is 6.63. The summed E-state index contributed by atoms with van der Waals surface area (Å²) in [5.74, 6) is 0.901. The SMILES string of the molecule is COc1ccc2cc(CNCc3ccc(C)cc3)ccc2c1. The first-order valence-corrected chi connectivity index (χ1v) is 7.57. The lowest BCUT2D eigenvalue weighted by Crippen LogP contribution is -2.12. The summed E-state index contributed by atoms with van der Waals surface area (Å²) < 4.78 is 5.26. The fraction of sp³-hybridized carbons (Fsp3) is 0.200. The van der Waals surface area contributed by atoms with Crippen LogP contribution in [-0.2, 0) is 13.1 Å². The van der Waals surface area contributed by atoms with Gasteiger partial charge >= 0.3 is 0 Å². The van der Waals surface area contributed by atoms with Gasteiger partial charge in [0.2, 0.25) is 0 Å². The maximum atomic E-state index is 5.26. The first-order chi connectivity index (χ1) is 10.7. The summed E-state index contributed by atoms with van der Waals surface area (Å²) in [5.41, 5.74) is 3.91. The van der Waals surface area contributed by atoms with Gasteiger partial charge in [-0.05, 0) is 47.0 Å². The van der Waals surface area contributed by atoms with Gasteiger partial charge in [0.15, 0.2) is 0 Å². The van der Waals surface area contributed by atoms with E-state index >= 15 is 0 Å². The van der Waals surface area contributed by atoms with E-state index < -0.39 is 0 Å². The number of methoxy groups -OCH3 is 1. The van der Waals surface area contributed by atoms with Crippen LogP contribution in [-0.4, -0.2) is 7.11 Å². The number of aryl methyl sites for hydroxylation is 1. The molecule has 0 heterocycles. The molecule has 0 saturated heterocycles. The lowest BCUT2D eigenvalue weighted by Gasteiger charge is -2.08. The quantitative estimate of drug-likeness (QED) is 0.750. The minimum Gasteiger partial charge on any atom is -0.497 e. The molecule has 2 nitrogen and oxygen atoms in total. The summed E-state index contributed by atoms with van der Waals surface area (Å²) in [7, 11) is 1.70. The molecule has 0 radical (unpaired) electrons. The summed E-state index contributed by atoms with van der Waals surface area (Å²) in [6.07, 6.45) is 0. The van der Waals surface area contributed by atoms with Crippen LogP contribution < -0.4 is 10.1 Å². The molecule has 3 aromatic carbocycles. The Morgan fingerprint density at radius 2 is 1.41 bits per heavy atom. The molecular weight excluding hydrogens is 270 g/mol. The van der Waals surface area contributed by atoms with Crippen molar-refractivity contribution in [3.8, 4) is 5.75 Å². The van der Waals surface area contributed by atoms with Crippen molar-refractivity contribution in [3.63, 3.8) is 0 Å². The van der Waals surface area contributed by atoms with Crippen molar-refractivity contribution >= 4 is 10.8 Å². The predicted molar refractivity (Wildman–Crippen MR) is 92.2 cm³/mol. The first-order valence-electron chi connectivity index (χ1n) is 7.57. The normalized spacial score (nSPS) is 10.8. The van der Waals surface area contributed by atoms with Crippen molar-refractivity contribution in [3.05, 3.63) is 77.4 Å². The Morgan fingerprint density at radius 3 is 2.18 bits per heavy atom. The summed E-state index contributed by atoms with van der Waals surface area (Å²) >= 11 is 0. The number of nitrogens with one attached hydrogen (secondary N) is 1. The van der Waals surface area contributed by atoms with Crippen LogP contribution in [0.3, 0.4) is 0 Å². The molecule has 0 aliphatic carbocycles. The minimum atomic E-state index is 0.871. The first kappa shape index (κ1) is 14.6. The molecule has 1 N–H and O–H groups in total. The van der Waals surface area contributed by atoms with Crippen LogP contribution in [0.2, 0.25) is 0 Å². The number of rotatable bonds is 5. The van der Waals surface area contributed by atoms with E-state index in [4.69, 9.17) is 4.74 Å². The number of benzene rings is 3. The molecule has 0 aliphatic rings. The van der Waals surface area contributed by atoms with Crippen molar-refractivity contribution in [2.24, 2.45) is 0 Å². The van der Waals surface area contributed by atoms with Crippen LogP contribution in [0.15, 0.2) is 60.7 Å². The third-order valence-electron chi connectivity index (χ3n) is 3.89. The van der Waals surface area contributed by atoms with Crippen LogP contribution in [0.4, 0.5) is 0 Å². The zero-order chi connectivity index (χ0) is 15.4. The van der Waals surface area contributed by atoms with Gasteiger partial charge in [0.05, 0.1) is 7.11 Å². The summed E-state index contributed by atoms with van der Waals surface area (Å²) in [6.45, 7) is 3.87. The monoisotopic (exact) mass is 291 g/mol. The molecule has 0 aliphatic heterocycles. The Kier molecular flexibility index (Phi) is 4.40. The Hall–Kier alpha value is -2.32. The Morgan fingerprint density at radius 1 is 0.773 bits per heavy atom. The van der Waals surface area contributed by atoms with E-state index in [1.807, 2.05) is 6.07 Å². The van der Waals surface area contributed by atoms with Gasteiger partial charge in [-0.25, -0.2) is 0 Å². The molecule has 112 valence electrons. The van der Waals surface area contributed by atoms with Crippen molar-refractivity contribution in [2.75, 3.05) is 7.11 Å². The molecule has 3 aromatic rings. The van der Waals surface area contributed by atoms with Gasteiger partial charge in [-0.15, -0.1) is 0 Å². The third-order valence-corrected chi connectivity index (χ3v) is 3.89. The second-order valence-electron chi connectivity index (χ2n) is 5.64. The van der Waals surface area contributed by atoms with Gasteiger partial charge in [0.1, 0.15) is 5.75 Å². The maximum Gasteiger partial charge on any atom is 0.119 e. The van der Waals surface area contributed by atoms with Gasteiger partial charge < -0.3 is 10.1 Å². The van der Waals surface area contributed by atoms with Crippen LogP contribution in [0.25, 0.3) is 10.8 Å². The van der Waals surface area contributed by atoms with E-state index in [0.29, 0.717) is 0 Å². The Labute approximate surface area is 131 Å². The molecule has 0 amide bonds. The molecule has 0 unspecified atom stereocenters. The lowest BCUT2D eigenvalue weighted by atomic mass is 10.1. The zero-order valence-electron chi connectivity index (χ0n) is 13.1. The van der Waals surface area contributed by atoms with E-state index in [2.05, 4.69) is 66.8 Å². The van der Waals surface area contributed by atoms with Crippen molar-refractivity contribution < 1.29 is 4.74 Å². The second-order valence-corrected chi connectivity index (χ2v) is 5.64. The van der Waals surface area contributed by atoms with Crippen LogP contribution in [0.5, 0.6) is 5.75 Å². The largest absolute Gasteiger partial charge is 0.497 e. The highest BCUT2D eigenvalue weighted by molar-refractivity contribution is 5.84. The van der Waals surface area contributed by atoms with Crippen molar-refractivity contribution in [2.45, 2.75) is 20.0 Å². The lowest BCUT2D eigenvalue weighted by molar-refractivity contribution is 0.415. The standard InChI is InChI=1S/C20H21NO/c1-15-3-5-16(6-4-15)13-21-14-17-7-8-19-12-20(22-2)10-9-18(19)11-17/h3-12,21H,13-14H2,1-2H3. The predicted octanol–water partition coefficient (Wildman–Crippen LogP) is 4.45. The third kappa shape index (κ3) is 3.46. The highest BCUT2D eigenvalue weighted by Gasteiger charge is 1.99. The van der Waals surface area contributed by atoms with E-state index in [0.717, 1.165) is 18.8 Å². The number of ether oxygens (including phenoxy) is 1. The van der Waals surface area contributed by atoms with Crippen molar-refractivity contribution in [1.82, 2.24) is 5.32 Å². The van der Waals surface area contributed by atoms with Crippen LogP contribution in [0, 0.1) is 6.92 Å². The molecule has 0 spiro atoms. The minimum absolute atomic E-state index is 0.871. The maximum absolute atomic E-state index is 5.26.